The van der Waals surface area contributed by atoms with Crippen molar-refractivity contribution in [1.82, 2.24) is 5.32 Å². The largest absolute Gasteiger partial charge is 0.479 e. The number of carboxylic acids is 1. The first kappa shape index (κ1) is 14.4. The molecule has 4 N–H and O–H groups in total. The summed E-state index contributed by atoms with van der Waals surface area (Å²) >= 11 is 0. The summed E-state index contributed by atoms with van der Waals surface area (Å²) in [6.45, 7) is -0.479. The van der Waals surface area contributed by atoms with E-state index in [4.69, 9.17) is 15.5 Å². The number of aliphatic carboxylic acids is 1. The highest BCUT2D eigenvalue weighted by Crippen LogP contribution is 2.13. The van der Waals surface area contributed by atoms with E-state index in [9.17, 15) is 14.0 Å². The number of anilines is 1. The molecule has 0 radical (unpaired) electrons. The summed E-state index contributed by atoms with van der Waals surface area (Å²) < 4.78 is 13.0. The summed E-state index contributed by atoms with van der Waals surface area (Å²) in [6, 6.07) is 4.21. The topological polar surface area (TPSA) is 122 Å². The zero-order valence-electron chi connectivity index (χ0n) is 9.55. The van der Waals surface area contributed by atoms with Gasteiger partial charge in [0.05, 0.1) is 12.1 Å². The van der Waals surface area contributed by atoms with Crippen molar-refractivity contribution in [3.05, 3.63) is 29.6 Å². The van der Waals surface area contributed by atoms with Gasteiger partial charge in [-0.15, -0.1) is 0 Å². The van der Waals surface area contributed by atoms with Gasteiger partial charge in [0, 0.05) is 5.69 Å². The van der Waals surface area contributed by atoms with Crippen LogP contribution in [0.15, 0.2) is 18.2 Å². The van der Waals surface area contributed by atoms with Gasteiger partial charge in [0.2, 0.25) is 0 Å². The van der Waals surface area contributed by atoms with Crippen LogP contribution < -0.4 is 10.6 Å². The maximum atomic E-state index is 13.0. The molecule has 0 spiro atoms. The highest BCUT2D eigenvalue weighted by Gasteiger charge is 2.14. The van der Waals surface area contributed by atoms with E-state index >= 15 is 0 Å². The Morgan fingerprint density at radius 3 is 2.74 bits per heavy atom. The fourth-order valence-electron chi connectivity index (χ4n) is 1.14. The predicted octanol–water partition coefficient (Wildman–Crippen LogP) is 0.264. The number of amides is 2. The molecule has 1 atom stereocenters. The van der Waals surface area contributed by atoms with E-state index in [2.05, 4.69) is 10.6 Å². The lowest BCUT2D eigenvalue weighted by molar-refractivity contribution is -0.146. The Kier molecular flexibility index (Phi) is 4.79. The fourth-order valence-corrected chi connectivity index (χ4v) is 1.14. The van der Waals surface area contributed by atoms with E-state index in [1.54, 1.807) is 6.07 Å². The van der Waals surface area contributed by atoms with E-state index in [-0.39, 0.29) is 11.3 Å². The van der Waals surface area contributed by atoms with Crippen molar-refractivity contribution in [3.8, 4) is 6.07 Å². The van der Waals surface area contributed by atoms with Crippen molar-refractivity contribution in [2.45, 2.75) is 6.10 Å². The molecule has 0 saturated carbocycles. The molecular weight excluding hydrogens is 257 g/mol. The van der Waals surface area contributed by atoms with Crippen LogP contribution in [0.1, 0.15) is 5.56 Å². The quantitative estimate of drug-likeness (QED) is 0.623. The van der Waals surface area contributed by atoms with E-state index in [0.717, 1.165) is 12.1 Å². The molecule has 1 aromatic carbocycles. The molecule has 0 heterocycles. The Morgan fingerprint density at radius 1 is 1.47 bits per heavy atom. The highest BCUT2D eigenvalue weighted by atomic mass is 19.1. The summed E-state index contributed by atoms with van der Waals surface area (Å²) in [5.41, 5.74) is -0.0661. The van der Waals surface area contributed by atoms with Crippen LogP contribution in [0.5, 0.6) is 0 Å². The number of nitrogens with one attached hydrogen (secondary N) is 2. The maximum absolute atomic E-state index is 13.0. The van der Waals surface area contributed by atoms with Gasteiger partial charge < -0.3 is 20.8 Å². The first-order valence-corrected chi connectivity index (χ1v) is 5.09. The van der Waals surface area contributed by atoms with Gasteiger partial charge in [-0.3, -0.25) is 0 Å². The van der Waals surface area contributed by atoms with Crippen LogP contribution >= 0.6 is 0 Å². The number of carbonyl (C=O) groups is 2. The number of nitrogens with zero attached hydrogens (tertiary/aromatic N) is 1. The Morgan fingerprint density at radius 2 is 2.16 bits per heavy atom. The van der Waals surface area contributed by atoms with Crippen molar-refractivity contribution in [3.63, 3.8) is 0 Å². The molecular formula is C11H10FN3O4. The molecule has 7 nitrogen and oxygen atoms in total. The number of rotatable bonds is 4. The van der Waals surface area contributed by atoms with Gasteiger partial charge >= 0.3 is 12.0 Å². The first-order chi connectivity index (χ1) is 8.93. The Hall–Kier alpha value is -2.66. The summed E-state index contributed by atoms with van der Waals surface area (Å²) in [7, 11) is 0. The number of benzene rings is 1. The Labute approximate surface area is 107 Å². The van der Waals surface area contributed by atoms with Gasteiger partial charge in [-0.1, -0.05) is 0 Å². The minimum atomic E-state index is -1.71. The van der Waals surface area contributed by atoms with Gasteiger partial charge in [0.1, 0.15) is 11.9 Å². The van der Waals surface area contributed by atoms with E-state index in [0.29, 0.717) is 0 Å². The van der Waals surface area contributed by atoms with Crippen LogP contribution in [0.3, 0.4) is 0 Å². The van der Waals surface area contributed by atoms with Crippen LogP contribution in [0, 0.1) is 17.1 Å². The number of urea groups is 1. The van der Waals surface area contributed by atoms with Gasteiger partial charge in [-0.2, -0.15) is 5.26 Å². The molecule has 0 aromatic heterocycles. The molecule has 0 fully saturated rings. The molecule has 1 aromatic rings. The van der Waals surface area contributed by atoms with Gasteiger partial charge in [0.25, 0.3) is 0 Å². The summed E-state index contributed by atoms with van der Waals surface area (Å²) in [4.78, 5) is 21.6. The van der Waals surface area contributed by atoms with Crippen LogP contribution in [0.25, 0.3) is 0 Å². The molecule has 0 bridgehead atoms. The van der Waals surface area contributed by atoms with Crippen LogP contribution in [-0.2, 0) is 4.79 Å². The average Bonchev–Trinajstić information content (AvgIpc) is 2.38. The number of aliphatic hydroxyl groups is 1. The lowest BCUT2D eigenvalue weighted by Gasteiger charge is -2.09. The second kappa shape index (κ2) is 6.32. The predicted molar refractivity (Wildman–Crippen MR) is 61.8 cm³/mol. The van der Waals surface area contributed by atoms with Crippen molar-refractivity contribution < 1.29 is 24.2 Å². The Bertz CT molecular complexity index is 541. The van der Waals surface area contributed by atoms with Crippen molar-refractivity contribution in [2.24, 2.45) is 0 Å². The van der Waals surface area contributed by atoms with Crippen LogP contribution in [-0.4, -0.2) is 34.9 Å². The van der Waals surface area contributed by atoms with Crippen molar-refractivity contribution >= 4 is 17.7 Å². The molecule has 8 heteroatoms. The molecule has 0 aliphatic heterocycles. The molecule has 2 amide bonds. The third-order valence-electron chi connectivity index (χ3n) is 2.09. The number of hydrogen-bond donors (Lipinski definition) is 4. The molecule has 0 aliphatic carbocycles. The number of halogens is 1. The molecule has 0 aliphatic rings. The molecule has 19 heavy (non-hydrogen) atoms. The lowest BCUT2D eigenvalue weighted by atomic mass is 10.2. The molecule has 100 valence electrons. The minimum Gasteiger partial charge on any atom is -0.479 e. The number of aliphatic hydroxyl groups excluding tert-OH is 1. The smallest absolute Gasteiger partial charge is 0.334 e. The van der Waals surface area contributed by atoms with E-state index < -0.39 is 30.5 Å². The van der Waals surface area contributed by atoms with Gasteiger partial charge in [-0.25, -0.2) is 14.0 Å². The van der Waals surface area contributed by atoms with Crippen LogP contribution in [0.4, 0.5) is 14.9 Å². The number of nitriles is 1. The Balaban J connectivity index is 2.58. The highest BCUT2D eigenvalue weighted by molar-refractivity contribution is 5.89. The first-order valence-electron chi connectivity index (χ1n) is 5.09. The zero-order valence-corrected chi connectivity index (χ0v) is 9.55. The minimum absolute atomic E-state index is 0.167. The summed E-state index contributed by atoms with van der Waals surface area (Å²) in [5.74, 6) is -2.18. The third-order valence-corrected chi connectivity index (χ3v) is 2.09. The normalized spacial score (nSPS) is 11.2. The average molecular weight is 267 g/mol. The van der Waals surface area contributed by atoms with Gasteiger partial charge in [0.15, 0.2) is 6.10 Å². The lowest BCUT2D eigenvalue weighted by Crippen LogP contribution is -2.38. The standard InChI is InChI=1S/C11H10FN3O4/c12-8-2-1-7(3-6(8)4-13)15-11(19)14-5-9(16)10(17)18/h1-3,9,16H,5H2,(H,17,18)(H2,14,15,19)/t9-/m0/s1. The summed E-state index contributed by atoms with van der Waals surface area (Å²) in [6.07, 6.45) is -1.71. The molecule has 0 saturated heterocycles. The SMILES string of the molecule is N#Cc1cc(NC(=O)NC[C@H](O)C(=O)O)ccc1F. The number of hydrogen-bond acceptors (Lipinski definition) is 4. The maximum Gasteiger partial charge on any atom is 0.334 e. The molecule has 1 rings (SSSR count). The van der Waals surface area contributed by atoms with Crippen molar-refractivity contribution in [1.29, 1.82) is 5.26 Å². The number of carboxylic acid groups (broad SMARTS) is 1. The van der Waals surface area contributed by atoms with E-state index in [1.807, 2.05) is 0 Å². The van der Waals surface area contributed by atoms with Crippen molar-refractivity contribution in [2.75, 3.05) is 11.9 Å². The fraction of sp³-hybridized carbons (Fsp3) is 0.182. The second-order valence-corrected chi connectivity index (χ2v) is 3.50. The monoisotopic (exact) mass is 267 g/mol. The van der Waals surface area contributed by atoms with Gasteiger partial charge in [-0.05, 0) is 18.2 Å². The van der Waals surface area contributed by atoms with E-state index in [1.165, 1.54) is 6.07 Å². The third kappa shape index (κ3) is 4.25. The summed E-state index contributed by atoms with van der Waals surface area (Å²) in [5, 5.41) is 30.3. The van der Waals surface area contributed by atoms with Crippen LogP contribution in [0.2, 0.25) is 0 Å². The zero-order chi connectivity index (χ0) is 14.4. The second-order valence-electron chi connectivity index (χ2n) is 3.50. The number of carbonyl (C=O) groups excluding carboxylic acids is 1. The molecule has 0 unspecified atom stereocenters.